The monoisotopic (exact) mass is 253 g/mol. The van der Waals surface area contributed by atoms with Crippen molar-refractivity contribution in [3.63, 3.8) is 0 Å². The Morgan fingerprint density at radius 2 is 2.06 bits per heavy atom. The highest BCUT2D eigenvalue weighted by Gasteiger charge is 2.16. The third kappa shape index (κ3) is 2.65. The molecule has 1 saturated heterocycles. The van der Waals surface area contributed by atoms with E-state index < -0.39 is 0 Å². The molecule has 1 amide bonds. The first-order valence-corrected chi connectivity index (χ1v) is 5.96. The maximum absolute atomic E-state index is 11.7. The summed E-state index contributed by atoms with van der Waals surface area (Å²) < 4.78 is 0. The van der Waals surface area contributed by atoms with Crippen molar-refractivity contribution >= 4 is 35.1 Å². The molecular formula is C11H8ClNO2S. The van der Waals surface area contributed by atoms with Gasteiger partial charge in [0.1, 0.15) is 0 Å². The van der Waals surface area contributed by atoms with Crippen molar-refractivity contribution in [1.29, 1.82) is 0 Å². The van der Waals surface area contributed by atoms with Crippen molar-refractivity contribution in [2.75, 3.05) is 5.75 Å². The Kier molecular flexibility index (Phi) is 3.31. The van der Waals surface area contributed by atoms with Crippen LogP contribution in [0, 0.1) is 0 Å². The van der Waals surface area contributed by atoms with E-state index in [1.54, 1.807) is 24.3 Å². The normalized spacial score (nSPS) is 17.6. The van der Waals surface area contributed by atoms with Gasteiger partial charge in [-0.15, -0.1) is 0 Å². The average Bonchev–Trinajstić information content (AvgIpc) is 2.65. The summed E-state index contributed by atoms with van der Waals surface area (Å²) in [4.78, 5) is 22.6. The zero-order valence-electron chi connectivity index (χ0n) is 8.20. The molecule has 0 bridgehead atoms. The van der Waals surface area contributed by atoms with Crippen LogP contribution < -0.4 is 5.32 Å². The minimum Gasteiger partial charge on any atom is -0.320 e. The van der Waals surface area contributed by atoms with Gasteiger partial charge in [-0.25, -0.2) is 0 Å². The van der Waals surface area contributed by atoms with E-state index in [0.29, 0.717) is 21.4 Å². The topological polar surface area (TPSA) is 46.2 Å². The van der Waals surface area contributed by atoms with E-state index in [1.165, 1.54) is 17.8 Å². The van der Waals surface area contributed by atoms with Crippen LogP contribution in [0.4, 0.5) is 0 Å². The summed E-state index contributed by atoms with van der Waals surface area (Å²) in [5.74, 6) is 0.168. The van der Waals surface area contributed by atoms with Gasteiger partial charge in [0.05, 0.1) is 10.8 Å². The number of allylic oxidation sites excluding steroid dienone is 1. The van der Waals surface area contributed by atoms with E-state index in [9.17, 15) is 9.59 Å². The number of carbonyl (C=O) groups is 2. The van der Waals surface area contributed by atoms with Gasteiger partial charge in [-0.3, -0.25) is 9.59 Å². The van der Waals surface area contributed by atoms with E-state index in [4.69, 9.17) is 11.6 Å². The Balaban J connectivity index is 2.14. The summed E-state index contributed by atoms with van der Waals surface area (Å²) in [7, 11) is 0. The van der Waals surface area contributed by atoms with Gasteiger partial charge in [0.2, 0.25) is 5.91 Å². The molecule has 2 rings (SSSR count). The van der Waals surface area contributed by atoms with E-state index in [-0.39, 0.29) is 11.7 Å². The van der Waals surface area contributed by atoms with Crippen LogP contribution in [-0.2, 0) is 4.79 Å². The van der Waals surface area contributed by atoms with Crippen LogP contribution >= 0.6 is 23.4 Å². The van der Waals surface area contributed by atoms with Crippen molar-refractivity contribution < 1.29 is 9.59 Å². The predicted molar refractivity (Wildman–Crippen MR) is 64.5 cm³/mol. The second kappa shape index (κ2) is 4.72. The van der Waals surface area contributed by atoms with Gasteiger partial charge >= 0.3 is 0 Å². The SMILES string of the molecule is O=C1CSC(=CC(=O)c2ccc(Cl)cc2)N1. The molecule has 1 aliphatic rings. The van der Waals surface area contributed by atoms with Gasteiger partial charge in [-0.2, -0.15) is 0 Å². The minimum absolute atomic E-state index is 0.0693. The summed E-state index contributed by atoms with van der Waals surface area (Å²) in [5, 5.41) is 3.80. The molecule has 5 heteroatoms. The number of rotatable bonds is 2. The maximum atomic E-state index is 11.7. The highest BCUT2D eigenvalue weighted by molar-refractivity contribution is 8.04. The molecule has 0 radical (unpaired) electrons. The largest absolute Gasteiger partial charge is 0.320 e. The van der Waals surface area contributed by atoms with Crippen LogP contribution in [0.1, 0.15) is 10.4 Å². The summed E-state index contributed by atoms with van der Waals surface area (Å²) in [6.45, 7) is 0. The first kappa shape index (κ1) is 11.2. The van der Waals surface area contributed by atoms with Crippen LogP contribution in [0.5, 0.6) is 0 Å². The van der Waals surface area contributed by atoms with Crippen molar-refractivity contribution in [3.8, 4) is 0 Å². The standard InChI is InChI=1S/C11H8ClNO2S/c12-8-3-1-7(2-4-8)9(14)5-11-13-10(15)6-16-11/h1-5H,6H2,(H,13,15). The van der Waals surface area contributed by atoms with Crippen LogP contribution in [0.3, 0.4) is 0 Å². The molecule has 3 nitrogen and oxygen atoms in total. The van der Waals surface area contributed by atoms with Gasteiger partial charge in [-0.05, 0) is 24.3 Å². The fourth-order valence-corrected chi connectivity index (χ4v) is 2.11. The molecular weight excluding hydrogens is 246 g/mol. The van der Waals surface area contributed by atoms with E-state index in [0.717, 1.165) is 0 Å². The average molecular weight is 254 g/mol. The lowest BCUT2D eigenvalue weighted by Gasteiger charge is -1.98. The second-order valence-electron chi connectivity index (χ2n) is 3.22. The molecule has 0 spiro atoms. The number of thioether (sulfide) groups is 1. The molecule has 1 fully saturated rings. The molecule has 0 atom stereocenters. The Morgan fingerprint density at radius 3 is 2.62 bits per heavy atom. The first-order valence-electron chi connectivity index (χ1n) is 4.59. The van der Waals surface area contributed by atoms with Crippen LogP contribution in [-0.4, -0.2) is 17.4 Å². The molecule has 0 saturated carbocycles. The zero-order valence-corrected chi connectivity index (χ0v) is 9.77. The second-order valence-corrected chi connectivity index (χ2v) is 4.67. The Bertz CT molecular complexity index is 467. The highest BCUT2D eigenvalue weighted by atomic mass is 35.5. The molecule has 1 aromatic rings. The van der Waals surface area contributed by atoms with E-state index in [2.05, 4.69) is 5.32 Å². The smallest absolute Gasteiger partial charge is 0.235 e. The van der Waals surface area contributed by atoms with Gasteiger partial charge in [-0.1, -0.05) is 23.4 Å². The first-order chi connectivity index (χ1) is 7.65. The van der Waals surface area contributed by atoms with Crippen molar-refractivity contribution in [2.24, 2.45) is 0 Å². The lowest BCUT2D eigenvalue weighted by Crippen LogP contribution is -2.14. The number of carbonyl (C=O) groups excluding carboxylic acids is 2. The molecule has 16 heavy (non-hydrogen) atoms. The van der Waals surface area contributed by atoms with Crippen molar-refractivity contribution in [2.45, 2.75) is 0 Å². The van der Waals surface area contributed by atoms with Crippen molar-refractivity contribution in [1.82, 2.24) is 5.32 Å². The van der Waals surface area contributed by atoms with Gasteiger partial charge in [0.25, 0.3) is 0 Å². The molecule has 1 aliphatic heterocycles. The lowest BCUT2D eigenvalue weighted by molar-refractivity contribution is -0.117. The van der Waals surface area contributed by atoms with Crippen LogP contribution in [0.25, 0.3) is 0 Å². The summed E-state index contributed by atoms with van der Waals surface area (Å²) in [6.07, 6.45) is 1.43. The number of nitrogens with one attached hydrogen (secondary N) is 1. The molecule has 1 aromatic carbocycles. The van der Waals surface area contributed by atoms with Gasteiger partial charge in [0, 0.05) is 16.7 Å². The summed E-state index contributed by atoms with van der Waals surface area (Å²) >= 11 is 7.05. The predicted octanol–water partition coefficient (Wildman–Crippen LogP) is 2.23. The van der Waals surface area contributed by atoms with Gasteiger partial charge < -0.3 is 5.32 Å². The van der Waals surface area contributed by atoms with E-state index in [1.807, 2.05) is 0 Å². The molecule has 1 heterocycles. The lowest BCUT2D eigenvalue weighted by atomic mass is 10.1. The molecule has 0 aliphatic carbocycles. The third-order valence-corrected chi connectivity index (χ3v) is 3.20. The fourth-order valence-electron chi connectivity index (χ4n) is 1.25. The number of hydrogen-bond acceptors (Lipinski definition) is 3. The summed E-state index contributed by atoms with van der Waals surface area (Å²) in [5.41, 5.74) is 0.554. The molecule has 0 unspecified atom stereocenters. The van der Waals surface area contributed by atoms with Crippen molar-refractivity contribution in [3.05, 3.63) is 46.0 Å². The van der Waals surface area contributed by atoms with Gasteiger partial charge in [0.15, 0.2) is 5.78 Å². The molecule has 0 aromatic heterocycles. The van der Waals surface area contributed by atoms with Crippen LogP contribution in [0.15, 0.2) is 35.4 Å². The van der Waals surface area contributed by atoms with E-state index >= 15 is 0 Å². The number of benzene rings is 1. The minimum atomic E-state index is -0.138. The Morgan fingerprint density at radius 1 is 1.38 bits per heavy atom. The number of hydrogen-bond donors (Lipinski definition) is 1. The Hall–Kier alpha value is -1.26. The third-order valence-electron chi connectivity index (χ3n) is 2.01. The molecule has 82 valence electrons. The number of halogens is 1. The fraction of sp³-hybridized carbons (Fsp3) is 0.0909. The zero-order chi connectivity index (χ0) is 11.5. The van der Waals surface area contributed by atoms with Crippen LogP contribution in [0.2, 0.25) is 5.02 Å². The highest BCUT2D eigenvalue weighted by Crippen LogP contribution is 2.19. The quantitative estimate of drug-likeness (QED) is 0.649. The maximum Gasteiger partial charge on any atom is 0.235 e. The summed E-state index contributed by atoms with van der Waals surface area (Å²) in [6, 6.07) is 6.63. The number of ketones is 1. The Labute approximate surface area is 102 Å². The number of amides is 1. The molecule has 1 N–H and O–H groups in total.